The molecule has 15 heteroatoms. The molecule has 1 fully saturated rings. The summed E-state index contributed by atoms with van der Waals surface area (Å²) in [5, 5.41) is 30.2. The van der Waals surface area contributed by atoms with Gasteiger partial charge in [-0.15, -0.1) is 27.8 Å². The number of carbonyl (C=O) groups excluding carboxylic acids is 3. The number of amides is 2. The van der Waals surface area contributed by atoms with E-state index < -0.39 is 29.2 Å². The van der Waals surface area contributed by atoms with Crippen LogP contribution in [-0.2, 0) is 32.3 Å². The van der Waals surface area contributed by atoms with E-state index in [1.807, 2.05) is 39.8 Å². The van der Waals surface area contributed by atoms with Crippen LogP contribution in [0.5, 0.6) is 0 Å². The maximum atomic E-state index is 13.1. The summed E-state index contributed by atoms with van der Waals surface area (Å²) in [6.45, 7) is 0.383. The zero-order valence-corrected chi connectivity index (χ0v) is 21.7. The number of para-hydroxylation sites is 1. The first-order valence-corrected chi connectivity index (χ1v) is 13.4. The van der Waals surface area contributed by atoms with E-state index in [1.54, 1.807) is 0 Å². The Balaban J connectivity index is 1.39. The molecule has 0 aliphatic carbocycles. The Bertz CT molecular complexity index is 1500. The van der Waals surface area contributed by atoms with Crippen molar-refractivity contribution in [3.8, 4) is 0 Å². The second-order valence-electron chi connectivity index (χ2n) is 8.43. The first kappa shape index (κ1) is 25.7. The van der Waals surface area contributed by atoms with Crippen molar-refractivity contribution in [3.63, 3.8) is 0 Å². The fourth-order valence-electron chi connectivity index (χ4n) is 4.57. The summed E-state index contributed by atoms with van der Waals surface area (Å²) in [5.41, 5.74) is 6.85. The first-order chi connectivity index (χ1) is 18.3. The fraction of sp³-hybridized carbons (Fsp3) is 0.304. The monoisotopic (exact) mass is 557 g/mol. The number of rotatable bonds is 9. The lowest BCUT2D eigenvalue weighted by atomic mass is 10.0. The number of carboxylic acids is 1. The van der Waals surface area contributed by atoms with Gasteiger partial charge in [0.15, 0.2) is 17.4 Å². The van der Waals surface area contributed by atoms with E-state index in [0.29, 0.717) is 17.9 Å². The van der Waals surface area contributed by atoms with E-state index in [2.05, 4.69) is 15.5 Å². The Kier molecular flexibility index (Phi) is 7.05. The summed E-state index contributed by atoms with van der Waals surface area (Å²) in [4.78, 5) is 48.2. The van der Waals surface area contributed by atoms with Crippen molar-refractivity contribution in [2.24, 2.45) is 5.16 Å². The van der Waals surface area contributed by atoms with Crippen molar-refractivity contribution in [2.75, 3.05) is 25.2 Å². The summed E-state index contributed by atoms with van der Waals surface area (Å²) in [6, 6.07) is 6.63. The Hall–Kier alpha value is -3.95. The minimum Gasteiger partial charge on any atom is -0.543 e. The topological polar surface area (TPSA) is 179 Å². The highest BCUT2D eigenvalue weighted by atomic mass is 32.2. The van der Waals surface area contributed by atoms with Crippen LogP contribution in [0.4, 0.5) is 5.13 Å². The molecule has 1 saturated heterocycles. The van der Waals surface area contributed by atoms with Gasteiger partial charge in [-0.25, -0.2) is 4.98 Å². The molecule has 2 aromatic heterocycles. The third kappa shape index (κ3) is 4.48. The van der Waals surface area contributed by atoms with Crippen LogP contribution >= 0.6 is 23.1 Å². The zero-order valence-electron chi connectivity index (χ0n) is 20.1. The number of aliphatic carboxylic acids is 1. The number of aromatic nitrogens is 3. The van der Waals surface area contributed by atoms with Crippen LogP contribution in [0.25, 0.3) is 10.9 Å². The molecule has 38 heavy (non-hydrogen) atoms. The maximum Gasteiger partial charge on any atom is 0.276 e. The van der Waals surface area contributed by atoms with Gasteiger partial charge >= 0.3 is 0 Å². The van der Waals surface area contributed by atoms with E-state index in [9.17, 15) is 24.6 Å². The lowest BCUT2D eigenvalue weighted by Crippen LogP contribution is -2.71. The zero-order chi connectivity index (χ0) is 27.0. The number of carboxylic acid groups (broad SMARTS) is 1. The lowest BCUT2D eigenvalue weighted by Gasteiger charge is -2.50. The minimum atomic E-state index is -1.48. The number of hydrogen-bond donors (Lipinski definition) is 3. The molecule has 0 bridgehead atoms. The van der Waals surface area contributed by atoms with Crippen molar-refractivity contribution < 1.29 is 34.1 Å². The van der Waals surface area contributed by atoms with E-state index in [0.717, 1.165) is 27.1 Å². The molecular weight excluding hydrogens is 534 g/mol. The predicted molar refractivity (Wildman–Crippen MR) is 136 cm³/mol. The standard InChI is InChI=1S/C23H23N7O6S2/c1-36-27-16(14-11-38-23(24)25-14)19(32)26-17-20(33)30-18(22(34)35)13(10-37-21(17)30)9-28-8-12-4-2-3-5-15(12)29(28)6-7-31/h2-5,8,11,17,21,31H,6-7,9-10H2,1H3,(H3-,24,25,26,32,34,35)/b27-16-/t17-,21-/m1/s1. The third-order valence-electron chi connectivity index (χ3n) is 6.17. The summed E-state index contributed by atoms with van der Waals surface area (Å²) in [6.07, 6.45) is 1.87. The first-order valence-electron chi connectivity index (χ1n) is 11.4. The quantitative estimate of drug-likeness (QED) is 0.121. The van der Waals surface area contributed by atoms with E-state index in [-0.39, 0.29) is 35.4 Å². The lowest BCUT2D eigenvalue weighted by molar-refractivity contribution is -0.766. The molecule has 4 N–H and O–H groups in total. The molecule has 0 spiro atoms. The molecule has 3 aromatic rings. The van der Waals surface area contributed by atoms with E-state index >= 15 is 0 Å². The summed E-state index contributed by atoms with van der Waals surface area (Å²) >= 11 is 2.45. The van der Waals surface area contributed by atoms with Crippen molar-refractivity contribution >= 4 is 62.6 Å². The number of hydrogen-bond acceptors (Lipinski definition) is 11. The molecule has 4 heterocycles. The summed E-state index contributed by atoms with van der Waals surface area (Å²) in [5.74, 6) is -2.47. The Labute approximate surface area is 224 Å². The van der Waals surface area contributed by atoms with Crippen molar-refractivity contribution in [3.05, 3.63) is 52.8 Å². The van der Waals surface area contributed by atoms with Gasteiger partial charge in [-0.1, -0.05) is 17.3 Å². The van der Waals surface area contributed by atoms with Gasteiger partial charge in [0.05, 0.1) is 23.7 Å². The highest BCUT2D eigenvalue weighted by Crippen LogP contribution is 2.40. The SMILES string of the molecule is CO/N=C(\C(=O)N[C@@H]1C(=O)N2C(C(=O)[O-])=C(C[n+]3cc4ccccc4n3CCO)CS[C@H]12)c1csc(N)n1. The number of carbonyl (C=O) groups is 3. The molecule has 0 saturated carbocycles. The normalized spacial score (nSPS) is 19.4. The largest absolute Gasteiger partial charge is 0.543 e. The number of β-lactam (4-membered cyclic amide) rings is 1. The number of oxime groups is 1. The van der Waals surface area contributed by atoms with Crippen LogP contribution in [0.15, 0.2) is 52.3 Å². The molecular formula is C23H23N7O6S2. The smallest absolute Gasteiger partial charge is 0.276 e. The number of aliphatic hydroxyl groups is 1. The second-order valence-corrected chi connectivity index (χ2v) is 10.4. The second kappa shape index (κ2) is 10.4. The Morgan fingerprint density at radius 2 is 2.18 bits per heavy atom. The highest BCUT2D eigenvalue weighted by molar-refractivity contribution is 8.00. The van der Waals surface area contributed by atoms with Crippen LogP contribution in [0.3, 0.4) is 0 Å². The van der Waals surface area contributed by atoms with Crippen molar-refractivity contribution in [1.82, 2.24) is 19.9 Å². The van der Waals surface area contributed by atoms with E-state index in [1.165, 1.54) is 24.3 Å². The number of thioether (sulfide) groups is 1. The Morgan fingerprint density at radius 3 is 2.87 bits per heavy atom. The summed E-state index contributed by atoms with van der Waals surface area (Å²) in [7, 11) is 1.27. The number of thiazole rings is 1. The average Bonchev–Trinajstić information content (AvgIpc) is 3.48. The van der Waals surface area contributed by atoms with Gasteiger partial charge in [-0.05, 0) is 12.1 Å². The number of aliphatic hydroxyl groups excluding tert-OH is 1. The fourth-order valence-corrected chi connectivity index (χ4v) is 6.45. The molecule has 0 radical (unpaired) electrons. The van der Waals surface area contributed by atoms with Crippen LogP contribution in [-0.4, -0.2) is 74.1 Å². The number of fused-ring (bicyclic) bond motifs is 2. The number of nitrogens with zero attached hydrogens (tertiary/aromatic N) is 5. The van der Waals surface area contributed by atoms with Gasteiger partial charge in [-0.3, -0.25) is 14.5 Å². The van der Waals surface area contributed by atoms with Crippen LogP contribution < -0.4 is 20.8 Å². The average molecular weight is 558 g/mol. The predicted octanol–water partition coefficient (Wildman–Crippen LogP) is -1.59. The molecule has 2 aliphatic heterocycles. The van der Waals surface area contributed by atoms with Crippen LogP contribution in [0, 0.1) is 0 Å². The number of nitrogens with two attached hydrogens (primary N) is 1. The van der Waals surface area contributed by atoms with Crippen LogP contribution in [0.1, 0.15) is 5.69 Å². The van der Waals surface area contributed by atoms with Gasteiger partial charge in [0, 0.05) is 16.7 Å². The Morgan fingerprint density at radius 1 is 1.39 bits per heavy atom. The van der Waals surface area contributed by atoms with Crippen molar-refractivity contribution in [2.45, 2.75) is 24.5 Å². The van der Waals surface area contributed by atoms with Gasteiger partial charge in [0.2, 0.25) is 6.20 Å². The van der Waals surface area contributed by atoms with Gasteiger partial charge in [0.1, 0.15) is 36.3 Å². The van der Waals surface area contributed by atoms with Gasteiger partial charge < -0.3 is 30.9 Å². The summed E-state index contributed by atoms with van der Waals surface area (Å²) < 4.78 is 3.67. The van der Waals surface area contributed by atoms with Crippen molar-refractivity contribution in [1.29, 1.82) is 0 Å². The van der Waals surface area contributed by atoms with Crippen LogP contribution in [0.2, 0.25) is 0 Å². The number of nitrogens with one attached hydrogen (secondary N) is 1. The molecule has 1 aromatic carbocycles. The molecule has 2 atom stereocenters. The number of nitrogen functional groups attached to an aromatic ring is 1. The number of anilines is 1. The molecule has 0 unspecified atom stereocenters. The third-order valence-corrected chi connectivity index (χ3v) is 8.18. The molecule has 198 valence electrons. The van der Waals surface area contributed by atoms with E-state index in [4.69, 9.17) is 10.6 Å². The van der Waals surface area contributed by atoms with Gasteiger partial charge in [0.25, 0.3) is 11.8 Å². The molecule has 13 nitrogen and oxygen atoms in total. The molecule has 5 rings (SSSR count). The molecule has 2 amide bonds. The van der Waals surface area contributed by atoms with Gasteiger partial charge in [-0.2, -0.15) is 4.68 Å². The minimum absolute atomic E-state index is 0.101. The molecule has 2 aliphatic rings. The maximum absolute atomic E-state index is 13.1. The highest BCUT2D eigenvalue weighted by Gasteiger charge is 2.53. The number of benzene rings is 1.